The molecule has 2 saturated heterocycles. The number of amides is 3. The molecular formula is C27H33N3O5. The monoisotopic (exact) mass is 479 g/mol. The average Bonchev–Trinajstić information content (AvgIpc) is 3.22. The normalized spacial score (nSPS) is 19.2. The highest BCUT2D eigenvalue weighted by Crippen LogP contribution is 2.39. The molecule has 1 N–H and O–H groups in total. The minimum absolute atomic E-state index is 0.0317. The first-order valence-corrected chi connectivity index (χ1v) is 12.0. The van der Waals surface area contributed by atoms with Gasteiger partial charge in [-0.25, -0.2) is 0 Å². The first kappa shape index (κ1) is 24.7. The second kappa shape index (κ2) is 10.1. The van der Waals surface area contributed by atoms with Crippen molar-refractivity contribution in [2.75, 3.05) is 26.8 Å². The Morgan fingerprint density at radius 1 is 1.06 bits per heavy atom. The van der Waals surface area contributed by atoms with E-state index in [0.29, 0.717) is 42.8 Å². The van der Waals surface area contributed by atoms with Crippen LogP contribution in [0.5, 0.6) is 5.75 Å². The van der Waals surface area contributed by atoms with Crippen molar-refractivity contribution in [1.82, 2.24) is 15.1 Å². The van der Waals surface area contributed by atoms with E-state index in [9.17, 15) is 14.4 Å². The summed E-state index contributed by atoms with van der Waals surface area (Å²) in [6.07, 6.45) is 0.845. The molecule has 0 aliphatic carbocycles. The van der Waals surface area contributed by atoms with E-state index in [2.05, 4.69) is 5.32 Å². The van der Waals surface area contributed by atoms with E-state index in [0.717, 1.165) is 5.56 Å². The first-order valence-electron chi connectivity index (χ1n) is 12.0. The second-order valence-electron chi connectivity index (χ2n) is 9.45. The number of rotatable bonds is 5. The fourth-order valence-electron chi connectivity index (χ4n) is 4.89. The zero-order chi connectivity index (χ0) is 25.2. The van der Waals surface area contributed by atoms with Crippen molar-refractivity contribution in [2.45, 2.75) is 51.4 Å². The maximum atomic E-state index is 13.8. The molecule has 0 radical (unpaired) electrons. The highest BCUT2D eigenvalue weighted by Gasteiger charge is 2.54. The fraction of sp³-hybridized carbons (Fsp3) is 0.444. The largest absolute Gasteiger partial charge is 0.497 e. The van der Waals surface area contributed by atoms with Gasteiger partial charge in [0.05, 0.1) is 13.7 Å². The van der Waals surface area contributed by atoms with Gasteiger partial charge in [-0.2, -0.15) is 0 Å². The van der Waals surface area contributed by atoms with Crippen molar-refractivity contribution in [3.63, 3.8) is 0 Å². The first-order chi connectivity index (χ1) is 16.8. The summed E-state index contributed by atoms with van der Waals surface area (Å²) in [6.45, 7) is 6.65. The van der Waals surface area contributed by atoms with Crippen molar-refractivity contribution in [3.8, 4) is 5.75 Å². The molecule has 2 fully saturated rings. The van der Waals surface area contributed by atoms with Gasteiger partial charge in [0.15, 0.2) is 0 Å². The van der Waals surface area contributed by atoms with Crippen LogP contribution in [-0.2, 0) is 9.53 Å². The zero-order valence-electron chi connectivity index (χ0n) is 20.7. The number of carbonyl (C=O) groups is 3. The summed E-state index contributed by atoms with van der Waals surface area (Å²) < 4.78 is 11.5. The summed E-state index contributed by atoms with van der Waals surface area (Å²) in [7, 11) is 1.55. The van der Waals surface area contributed by atoms with Gasteiger partial charge in [0.1, 0.15) is 17.5 Å². The Labute approximate surface area is 206 Å². The van der Waals surface area contributed by atoms with Crippen LogP contribution in [-0.4, -0.2) is 72.1 Å². The van der Waals surface area contributed by atoms with Crippen molar-refractivity contribution in [1.29, 1.82) is 0 Å². The molecule has 3 amide bonds. The lowest BCUT2D eigenvalue weighted by Gasteiger charge is -2.44. The molecule has 2 heterocycles. The van der Waals surface area contributed by atoms with Crippen LogP contribution in [0, 0.1) is 6.92 Å². The Kier molecular flexibility index (Phi) is 7.12. The van der Waals surface area contributed by atoms with Crippen molar-refractivity contribution in [3.05, 3.63) is 65.2 Å². The summed E-state index contributed by atoms with van der Waals surface area (Å²) in [5.74, 6) is -0.00177. The maximum Gasteiger partial charge on any atom is 0.257 e. The average molecular weight is 480 g/mol. The van der Waals surface area contributed by atoms with E-state index in [-0.39, 0.29) is 30.4 Å². The fourth-order valence-corrected chi connectivity index (χ4v) is 4.89. The molecular weight excluding hydrogens is 446 g/mol. The maximum absolute atomic E-state index is 13.8. The van der Waals surface area contributed by atoms with Gasteiger partial charge in [0.2, 0.25) is 5.91 Å². The molecule has 8 nitrogen and oxygen atoms in total. The molecule has 8 heteroatoms. The van der Waals surface area contributed by atoms with E-state index in [1.807, 2.05) is 45.0 Å². The van der Waals surface area contributed by atoms with Crippen LogP contribution < -0.4 is 10.1 Å². The molecule has 186 valence electrons. The molecule has 0 aromatic heterocycles. The molecule has 2 aromatic rings. The smallest absolute Gasteiger partial charge is 0.257 e. The van der Waals surface area contributed by atoms with Crippen LogP contribution in [0.25, 0.3) is 0 Å². The van der Waals surface area contributed by atoms with Crippen LogP contribution >= 0.6 is 0 Å². The molecule has 2 aliphatic rings. The van der Waals surface area contributed by atoms with Crippen molar-refractivity contribution in [2.24, 2.45) is 0 Å². The number of benzene rings is 2. The molecule has 2 aromatic carbocycles. The number of aryl methyl sites for hydroxylation is 1. The highest BCUT2D eigenvalue weighted by atomic mass is 16.5. The van der Waals surface area contributed by atoms with Gasteiger partial charge < -0.3 is 19.7 Å². The predicted octanol–water partition coefficient (Wildman–Crippen LogP) is 3.00. The number of ether oxygens (including phenoxy) is 2. The number of carbonyl (C=O) groups excluding carboxylic acids is 3. The van der Waals surface area contributed by atoms with Gasteiger partial charge in [-0.3, -0.25) is 19.3 Å². The Hall–Kier alpha value is -3.39. The van der Waals surface area contributed by atoms with Crippen molar-refractivity contribution < 1.29 is 23.9 Å². The topological polar surface area (TPSA) is 88.2 Å². The van der Waals surface area contributed by atoms with E-state index in [4.69, 9.17) is 9.47 Å². The summed E-state index contributed by atoms with van der Waals surface area (Å²) >= 11 is 0. The highest BCUT2D eigenvalue weighted by molar-refractivity contribution is 5.99. The van der Waals surface area contributed by atoms with Crippen molar-refractivity contribution >= 4 is 17.7 Å². The van der Waals surface area contributed by atoms with E-state index < -0.39 is 11.8 Å². The lowest BCUT2D eigenvalue weighted by atomic mass is 9.95. The summed E-state index contributed by atoms with van der Waals surface area (Å²) in [6, 6.07) is 13.6. The molecule has 0 bridgehead atoms. The van der Waals surface area contributed by atoms with Gasteiger partial charge in [-0.15, -0.1) is 0 Å². The predicted molar refractivity (Wildman–Crippen MR) is 131 cm³/mol. The van der Waals surface area contributed by atoms with E-state index >= 15 is 0 Å². The third-order valence-electron chi connectivity index (χ3n) is 6.74. The molecule has 0 saturated carbocycles. The van der Waals surface area contributed by atoms with Gasteiger partial charge >= 0.3 is 0 Å². The molecule has 1 spiro atoms. The summed E-state index contributed by atoms with van der Waals surface area (Å²) in [4.78, 5) is 43.4. The molecule has 1 unspecified atom stereocenters. The number of hydrogen-bond acceptors (Lipinski definition) is 5. The SMILES string of the molecule is COc1cccc(C(=O)N2C(C(=O)NC(C)C)COC23CCN(C(=O)c2ccccc2C)CC3)c1. The molecule has 1 atom stereocenters. The zero-order valence-corrected chi connectivity index (χ0v) is 20.7. The third kappa shape index (κ3) is 4.89. The quantitative estimate of drug-likeness (QED) is 0.712. The summed E-state index contributed by atoms with van der Waals surface area (Å²) in [5, 5.41) is 2.92. The Morgan fingerprint density at radius 2 is 1.77 bits per heavy atom. The molecule has 35 heavy (non-hydrogen) atoms. The van der Waals surface area contributed by atoms with Gasteiger partial charge in [-0.05, 0) is 50.6 Å². The van der Waals surface area contributed by atoms with E-state index in [1.165, 1.54) is 0 Å². The number of hydrogen-bond donors (Lipinski definition) is 1. The van der Waals surface area contributed by atoms with Gasteiger partial charge in [-0.1, -0.05) is 24.3 Å². The van der Waals surface area contributed by atoms with Crippen LogP contribution in [0.4, 0.5) is 0 Å². The third-order valence-corrected chi connectivity index (χ3v) is 6.74. The Morgan fingerprint density at radius 3 is 2.43 bits per heavy atom. The minimum atomic E-state index is -0.957. The number of piperidine rings is 1. The van der Waals surface area contributed by atoms with Crippen LogP contribution in [0.15, 0.2) is 48.5 Å². The summed E-state index contributed by atoms with van der Waals surface area (Å²) in [5.41, 5.74) is 1.07. The number of nitrogens with zero attached hydrogens (tertiary/aromatic N) is 2. The minimum Gasteiger partial charge on any atom is -0.497 e. The number of likely N-dealkylation sites (tertiary alicyclic amines) is 1. The van der Waals surface area contributed by atoms with Gasteiger partial charge in [0.25, 0.3) is 11.8 Å². The van der Waals surface area contributed by atoms with Crippen LogP contribution in [0.1, 0.15) is 53.0 Å². The number of nitrogens with one attached hydrogen (secondary N) is 1. The lowest BCUT2D eigenvalue weighted by molar-refractivity contribution is -0.128. The van der Waals surface area contributed by atoms with Gasteiger partial charge in [0, 0.05) is 43.1 Å². The number of methoxy groups -OCH3 is 1. The lowest BCUT2D eigenvalue weighted by Crippen LogP contribution is -2.60. The van der Waals surface area contributed by atoms with E-state index in [1.54, 1.807) is 41.2 Å². The standard InChI is InChI=1S/C27H33N3O5/c1-18(2)28-24(31)23-17-35-27(30(23)25(32)20-9-7-10-21(16-20)34-4)12-14-29(15-13-27)26(33)22-11-6-5-8-19(22)3/h5-11,16,18,23H,12-15,17H2,1-4H3,(H,28,31). The molecule has 2 aliphatic heterocycles. The Balaban J connectivity index is 1.60. The second-order valence-corrected chi connectivity index (χ2v) is 9.45. The van der Waals surface area contributed by atoms with Crippen LogP contribution in [0.3, 0.4) is 0 Å². The van der Waals surface area contributed by atoms with Crippen LogP contribution in [0.2, 0.25) is 0 Å². The molecule has 4 rings (SSSR count). The Bertz CT molecular complexity index is 1110.